The summed E-state index contributed by atoms with van der Waals surface area (Å²) in [5, 5.41) is 0. The molecule has 1 atom stereocenters. The quantitative estimate of drug-likeness (QED) is 0.815. The van der Waals surface area contributed by atoms with Crippen molar-refractivity contribution in [2.75, 3.05) is 6.54 Å². The number of rotatable bonds is 2. The summed E-state index contributed by atoms with van der Waals surface area (Å²) in [5.74, 6) is 0.859. The molecule has 0 spiro atoms. The van der Waals surface area contributed by atoms with Crippen LogP contribution in [0.2, 0.25) is 0 Å². The first kappa shape index (κ1) is 12.6. The van der Waals surface area contributed by atoms with Crippen molar-refractivity contribution in [3.63, 3.8) is 0 Å². The van der Waals surface area contributed by atoms with Crippen molar-refractivity contribution in [2.24, 2.45) is 5.92 Å². The molecule has 1 unspecified atom stereocenters. The van der Waals surface area contributed by atoms with Gasteiger partial charge in [0.2, 0.25) is 0 Å². The van der Waals surface area contributed by atoms with Crippen LogP contribution in [0.5, 0.6) is 0 Å². The van der Waals surface area contributed by atoms with E-state index in [2.05, 4.69) is 9.88 Å². The van der Waals surface area contributed by atoms with Crippen LogP contribution in [0.4, 0.5) is 0 Å². The molecule has 3 rings (SSSR count). The molecule has 0 radical (unpaired) electrons. The number of likely N-dealkylation sites (tertiary alicyclic amines) is 1. The Morgan fingerprint density at radius 1 is 1.11 bits per heavy atom. The zero-order valence-electron chi connectivity index (χ0n) is 11.4. The van der Waals surface area contributed by atoms with Crippen LogP contribution in [0.15, 0.2) is 24.4 Å². The summed E-state index contributed by atoms with van der Waals surface area (Å²) >= 11 is 0. The first-order valence-electron chi connectivity index (χ1n) is 7.58. The van der Waals surface area contributed by atoms with Crippen molar-refractivity contribution in [3.8, 4) is 0 Å². The van der Waals surface area contributed by atoms with E-state index in [0.29, 0.717) is 11.7 Å². The number of amides is 1. The molecule has 0 bridgehead atoms. The molecule has 102 valence electrons. The second-order valence-corrected chi connectivity index (χ2v) is 5.82. The van der Waals surface area contributed by atoms with Gasteiger partial charge in [-0.25, -0.2) is 0 Å². The molecule has 3 heteroatoms. The predicted molar refractivity (Wildman–Crippen MR) is 74.9 cm³/mol. The van der Waals surface area contributed by atoms with Crippen molar-refractivity contribution >= 4 is 5.91 Å². The van der Waals surface area contributed by atoms with Crippen LogP contribution in [-0.4, -0.2) is 28.4 Å². The average Bonchev–Trinajstić information content (AvgIpc) is 2.98. The first-order valence-corrected chi connectivity index (χ1v) is 7.58. The van der Waals surface area contributed by atoms with Crippen LogP contribution in [0.3, 0.4) is 0 Å². The monoisotopic (exact) mass is 258 g/mol. The molecule has 0 aromatic carbocycles. The molecule has 1 saturated carbocycles. The normalized spacial score (nSPS) is 24.6. The Hall–Kier alpha value is -1.38. The number of pyridine rings is 1. The van der Waals surface area contributed by atoms with Crippen molar-refractivity contribution in [1.29, 1.82) is 0 Å². The molecule has 1 aliphatic carbocycles. The summed E-state index contributed by atoms with van der Waals surface area (Å²) in [7, 11) is 0. The lowest BCUT2D eigenvalue weighted by molar-refractivity contribution is 0.0655. The Morgan fingerprint density at radius 3 is 2.68 bits per heavy atom. The fourth-order valence-corrected chi connectivity index (χ4v) is 3.69. The second-order valence-electron chi connectivity index (χ2n) is 5.82. The van der Waals surface area contributed by atoms with E-state index in [4.69, 9.17) is 0 Å². The van der Waals surface area contributed by atoms with E-state index < -0.39 is 0 Å². The molecule has 1 aromatic heterocycles. The third-order valence-electron chi connectivity index (χ3n) is 4.64. The SMILES string of the molecule is O=C(c1ccccn1)N1CCCC1C1CCCCC1. The van der Waals surface area contributed by atoms with Gasteiger partial charge in [-0.15, -0.1) is 0 Å². The van der Waals surface area contributed by atoms with Crippen molar-refractivity contribution in [3.05, 3.63) is 30.1 Å². The summed E-state index contributed by atoms with van der Waals surface area (Å²) in [6.45, 7) is 0.913. The highest BCUT2D eigenvalue weighted by atomic mass is 16.2. The molecule has 1 amide bonds. The van der Waals surface area contributed by atoms with Gasteiger partial charge in [0.1, 0.15) is 5.69 Å². The topological polar surface area (TPSA) is 33.2 Å². The minimum atomic E-state index is 0.133. The van der Waals surface area contributed by atoms with E-state index in [1.54, 1.807) is 6.20 Å². The zero-order valence-corrected chi connectivity index (χ0v) is 11.4. The van der Waals surface area contributed by atoms with E-state index in [-0.39, 0.29) is 5.91 Å². The van der Waals surface area contributed by atoms with Crippen LogP contribution in [0.25, 0.3) is 0 Å². The van der Waals surface area contributed by atoms with Crippen molar-refractivity contribution in [1.82, 2.24) is 9.88 Å². The van der Waals surface area contributed by atoms with Crippen LogP contribution >= 0.6 is 0 Å². The molecule has 1 aliphatic heterocycles. The average molecular weight is 258 g/mol. The molecule has 1 saturated heterocycles. The summed E-state index contributed by atoms with van der Waals surface area (Å²) in [6.07, 6.45) is 10.7. The molecule has 1 aromatic rings. The third-order valence-corrected chi connectivity index (χ3v) is 4.64. The van der Waals surface area contributed by atoms with Crippen LogP contribution in [-0.2, 0) is 0 Å². The molecule has 0 N–H and O–H groups in total. The van der Waals surface area contributed by atoms with E-state index in [1.807, 2.05) is 18.2 Å². The lowest BCUT2D eigenvalue weighted by Gasteiger charge is -2.33. The van der Waals surface area contributed by atoms with E-state index in [1.165, 1.54) is 38.5 Å². The number of carbonyl (C=O) groups excluding carboxylic acids is 1. The van der Waals surface area contributed by atoms with Crippen molar-refractivity contribution in [2.45, 2.75) is 51.0 Å². The third kappa shape index (κ3) is 2.65. The van der Waals surface area contributed by atoms with Gasteiger partial charge in [-0.05, 0) is 43.7 Å². The van der Waals surface area contributed by atoms with Gasteiger partial charge < -0.3 is 4.90 Å². The smallest absolute Gasteiger partial charge is 0.272 e. The van der Waals surface area contributed by atoms with Crippen LogP contribution < -0.4 is 0 Å². The lowest BCUT2D eigenvalue weighted by atomic mass is 9.83. The minimum Gasteiger partial charge on any atom is -0.334 e. The second kappa shape index (κ2) is 5.72. The molecule has 2 fully saturated rings. The Bertz CT molecular complexity index is 426. The van der Waals surface area contributed by atoms with Crippen LogP contribution in [0.1, 0.15) is 55.4 Å². The van der Waals surface area contributed by atoms with Gasteiger partial charge in [0.25, 0.3) is 5.91 Å². The highest BCUT2D eigenvalue weighted by Gasteiger charge is 2.35. The Kier molecular flexibility index (Phi) is 3.81. The van der Waals surface area contributed by atoms with Crippen molar-refractivity contribution < 1.29 is 4.79 Å². The number of hydrogen-bond acceptors (Lipinski definition) is 2. The maximum atomic E-state index is 12.6. The van der Waals surface area contributed by atoms with Gasteiger partial charge in [-0.3, -0.25) is 9.78 Å². The van der Waals surface area contributed by atoms with E-state index in [0.717, 1.165) is 18.9 Å². The molecule has 3 nitrogen and oxygen atoms in total. The summed E-state index contributed by atoms with van der Waals surface area (Å²) in [6, 6.07) is 6.05. The summed E-state index contributed by atoms with van der Waals surface area (Å²) < 4.78 is 0. The van der Waals surface area contributed by atoms with Gasteiger partial charge in [-0.2, -0.15) is 0 Å². The Morgan fingerprint density at radius 2 is 1.95 bits per heavy atom. The number of aromatic nitrogens is 1. The molecule has 2 heterocycles. The van der Waals surface area contributed by atoms with Crippen LogP contribution in [0, 0.1) is 5.92 Å². The molecular formula is C16H22N2O. The van der Waals surface area contributed by atoms with Gasteiger partial charge in [0.15, 0.2) is 0 Å². The highest BCUT2D eigenvalue weighted by Crippen LogP contribution is 2.34. The first-order chi connectivity index (χ1) is 9.36. The predicted octanol–water partition coefficient (Wildman–Crippen LogP) is 3.27. The lowest BCUT2D eigenvalue weighted by Crippen LogP contribution is -2.41. The summed E-state index contributed by atoms with van der Waals surface area (Å²) in [4.78, 5) is 18.9. The fourth-order valence-electron chi connectivity index (χ4n) is 3.69. The Balaban J connectivity index is 1.74. The fraction of sp³-hybridized carbons (Fsp3) is 0.625. The van der Waals surface area contributed by atoms with E-state index >= 15 is 0 Å². The maximum Gasteiger partial charge on any atom is 0.272 e. The standard InChI is InChI=1S/C16H22N2O/c19-16(14-9-4-5-11-17-14)18-12-6-10-15(18)13-7-2-1-3-8-13/h4-5,9,11,13,15H,1-3,6-8,10,12H2. The molecule has 2 aliphatic rings. The van der Waals surface area contributed by atoms with E-state index in [9.17, 15) is 4.79 Å². The number of nitrogens with zero attached hydrogens (tertiary/aromatic N) is 2. The minimum absolute atomic E-state index is 0.133. The molecule has 19 heavy (non-hydrogen) atoms. The largest absolute Gasteiger partial charge is 0.334 e. The maximum absolute atomic E-state index is 12.6. The number of carbonyl (C=O) groups is 1. The zero-order chi connectivity index (χ0) is 13.1. The highest BCUT2D eigenvalue weighted by molar-refractivity contribution is 5.92. The van der Waals surface area contributed by atoms with Gasteiger partial charge in [-0.1, -0.05) is 25.3 Å². The van der Waals surface area contributed by atoms with Gasteiger partial charge in [0.05, 0.1) is 0 Å². The van der Waals surface area contributed by atoms with Gasteiger partial charge >= 0.3 is 0 Å². The number of hydrogen-bond donors (Lipinski definition) is 0. The Labute approximate surface area is 115 Å². The summed E-state index contributed by atoms with van der Waals surface area (Å²) in [5.41, 5.74) is 0.602. The molecular weight excluding hydrogens is 236 g/mol. The van der Waals surface area contributed by atoms with Gasteiger partial charge in [0, 0.05) is 18.8 Å².